The molecule has 0 unspecified atom stereocenters. The molecule has 2 aromatic carbocycles. The van der Waals surface area contributed by atoms with Crippen molar-refractivity contribution < 1.29 is 18.7 Å². The summed E-state index contributed by atoms with van der Waals surface area (Å²) in [6, 6.07) is 15.6. The van der Waals surface area contributed by atoms with E-state index in [1.54, 1.807) is 37.4 Å². The zero-order chi connectivity index (χ0) is 53.2. The number of nitrogens with one attached hydrogen (secondary N) is 1. The van der Waals surface area contributed by atoms with E-state index in [1.807, 2.05) is 99.2 Å². The number of carbonyl (C=O) groups is 1. The summed E-state index contributed by atoms with van der Waals surface area (Å²) in [6.07, 6.45) is 15.0. The monoisotopic (exact) mass is 1030 g/mol. The van der Waals surface area contributed by atoms with E-state index in [0.29, 0.717) is 111 Å². The SMILES string of the molecule is Cc1ccc2c(=O)c(CN(CCCn3cnc4c(=O)[nH]cnc43)Cc3ccncc3)c(C)oc2c1C.Cc1ccc2c(=O)c(CN(CCCn3cnc4c(Cl)ncnc43)Cc3ccncc3)c(C)oc2c1C.O=CO. The van der Waals surface area contributed by atoms with Crippen LogP contribution in [-0.2, 0) is 44.1 Å². The van der Waals surface area contributed by atoms with Crippen LogP contribution in [0.2, 0.25) is 5.15 Å². The summed E-state index contributed by atoms with van der Waals surface area (Å²) in [7, 11) is 0. The predicted molar refractivity (Wildman–Crippen MR) is 287 cm³/mol. The van der Waals surface area contributed by atoms with E-state index in [-0.39, 0.29) is 22.9 Å². The molecule has 0 aliphatic carbocycles. The van der Waals surface area contributed by atoms with Gasteiger partial charge in [0.05, 0.1) is 40.9 Å². The van der Waals surface area contributed by atoms with Gasteiger partial charge in [-0.2, -0.15) is 0 Å². The largest absolute Gasteiger partial charge is 0.483 e. The standard InChI is InChI=1S/C27H27ClN6O2.C27H28N6O3.CH2O2/c1-17-5-6-21-24(35)22(19(3)36-25(21)18(17)2)14-33(13-20-7-9-29-10-8-20)11-4-12-34-16-32-23-26(28)30-15-31-27(23)34;1-17-5-6-21-24(34)22(19(3)36-25(21)18(17)2)14-32(13-20-7-9-28-10-8-20)11-4-12-33-16-31-23-26(33)29-15-30-27(23)35;2-1-3/h5-10,15-16H,4,11-14H2,1-3H3;5-10,15-16H,4,11-14H2,1-3H3,(H,29,30,35);1H,(H,2,3). The molecule has 20 heteroatoms. The number of imidazole rings is 2. The Morgan fingerprint density at radius 3 is 1.55 bits per heavy atom. The first-order valence-corrected chi connectivity index (χ1v) is 24.7. The van der Waals surface area contributed by atoms with Crippen LogP contribution in [0.3, 0.4) is 0 Å². The van der Waals surface area contributed by atoms with Crippen LogP contribution >= 0.6 is 11.6 Å². The Morgan fingerprint density at radius 2 is 1.07 bits per heavy atom. The Labute approximate surface area is 435 Å². The molecule has 0 bridgehead atoms. The molecule has 0 saturated carbocycles. The molecule has 75 heavy (non-hydrogen) atoms. The lowest BCUT2D eigenvalue weighted by Gasteiger charge is -2.23. The van der Waals surface area contributed by atoms with Crippen molar-refractivity contribution in [1.29, 1.82) is 0 Å². The van der Waals surface area contributed by atoms with Crippen LogP contribution in [0.1, 0.15) is 68.9 Å². The van der Waals surface area contributed by atoms with E-state index in [9.17, 15) is 14.4 Å². The molecule has 0 saturated heterocycles. The van der Waals surface area contributed by atoms with Crippen molar-refractivity contribution in [2.24, 2.45) is 0 Å². The highest BCUT2D eigenvalue weighted by Gasteiger charge is 2.20. The van der Waals surface area contributed by atoms with E-state index in [2.05, 4.69) is 49.7 Å². The lowest BCUT2D eigenvalue weighted by molar-refractivity contribution is -0.122. The Hall–Kier alpha value is -8.26. The molecule has 8 aromatic heterocycles. The lowest BCUT2D eigenvalue weighted by atomic mass is 10.0. The van der Waals surface area contributed by atoms with Gasteiger partial charge in [-0.1, -0.05) is 23.7 Å². The second-order valence-corrected chi connectivity index (χ2v) is 18.6. The number of H-pyrrole nitrogens is 1. The van der Waals surface area contributed by atoms with E-state index in [0.717, 1.165) is 59.3 Å². The van der Waals surface area contributed by atoms with Gasteiger partial charge in [-0.05, 0) is 124 Å². The van der Waals surface area contributed by atoms with Crippen molar-refractivity contribution in [3.8, 4) is 0 Å². The Morgan fingerprint density at radius 1 is 0.613 bits per heavy atom. The second kappa shape index (κ2) is 24.2. The Kier molecular flexibility index (Phi) is 17.1. The molecular weight excluding hydrogens is 976 g/mol. The molecular formula is C55H57ClN12O7. The highest BCUT2D eigenvalue weighted by atomic mass is 35.5. The summed E-state index contributed by atoms with van der Waals surface area (Å²) in [6.45, 7) is 16.6. The van der Waals surface area contributed by atoms with E-state index in [1.165, 1.54) is 12.7 Å². The predicted octanol–water partition coefficient (Wildman–Crippen LogP) is 8.34. The van der Waals surface area contributed by atoms with E-state index >= 15 is 0 Å². The number of fused-ring (bicyclic) bond motifs is 4. The number of hydrogen-bond acceptors (Lipinski definition) is 15. The number of nitrogens with zero attached hydrogens (tertiary/aromatic N) is 11. The van der Waals surface area contributed by atoms with Gasteiger partial charge in [0.25, 0.3) is 12.0 Å². The van der Waals surface area contributed by atoms with Crippen molar-refractivity contribution >= 4 is 62.3 Å². The average molecular weight is 1030 g/mol. The van der Waals surface area contributed by atoms with Crippen LogP contribution in [0, 0.1) is 41.5 Å². The lowest BCUT2D eigenvalue weighted by Crippen LogP contribution is -2.28. The molecule has 8 heterocycles. The van der Waals surface area contributed by atoms with Crippen LogP contribution in [0.4, 0.5) is 0 Å². The summed E-state index contributed by atoms with van der Waals surface area (Å²) in [4.78, 5) is 83.8. The molecule has 0 amide bonds. The number of pyridine rings is 2. The number of hydrogen-bond donors (Lipinski definition) is 2. The summed E-state index contributed by atoms with van der Waals surface area (Å²) >= 11 is 6.15. The maximum Gasteiger partial charge on any atom is 0.290 e. The fraction of sp³-hybridized carbons (Fsp3) is 0.291. The number of rotatable bonds is 16. The number of carboxylic acid groups (broad SMARTS) is 1. The Bertz CT molecular complexity index is 3800. The van der Waals surface area contributed by atoms with Gasteiger partial charge in [0.2, 0.25) is 0 Å². The van der Waals surface area contributed by atoms with Crippen molar-refractivity contribution in [2.45, 2.75) is 93.7 Å². The molecule has 19 nitrogen and oxygen atoms in total. The van der Waals surface area contributed by atoms with Gasteiger partial charge in [-0.3, -0.25) is 38.9 Å². The minimum atomic E-state index is -0.250. The quantitative estimate of drug-likeness (QED) is 0.0683. The zero-order valence-electron chi connectivity index (χ0n) is 42.6. The summed E-state index contributed by atoms with van der Waals surface area (Å²) in [5.74, 6) is 1.30. The van der Waals surface area contributed by atoms with Gasteiger partial charge in [0.1, 0.15) is 34.5 Å². The van der Waals surface area contributed by atoms with Crippen LogP contribution in [0.25, 0.3) is 44.3 Å². The first-order valence-electron chi connectivity index (χ1n) is 24.3. The first-order chi connectivity index (χ1) is 36.3. The molecule has 10 rings (SSSR count). The van der Waals surface area contributed by atoms with Crippen LogP contribution in [0.5, 0.6) is 0 Å². The molecule has 2 N–H and O–H groups in total. The number of benzene rings is 2. The second-order valence-electron chi connectivity index (χ2n) is 18.3. The summed E-state index contributed by atoms with van der Waals surface area (Å²) in [5.41, 5.74) is 11.2. The van der Waals surface area contributed by atoms with Gasteiger partial charge in [0.15, 0.2) is 32.8 Å². The molecule has 0 spiro atoms. The van der Waals surface area contributed by atoms with Crippen LogP contribution < -0.4 is 16.4 Å². The molecule has 0 aliphatic rings. The number of aromatic nitrogens is 10. The fourth-order valence-electron chi connectivity index (χ4n) is 9.01. The van der Waals surface area contributed by atoms with Crippen LogP contribution in [0.15, 0.2) is 122 Å². The average Bonchev–Trinajstić information content (AvgIpc) is 4.03. The number of halogens is 1. The van der Waals surface area contributed by atoms with Gasteiger partial charge in [0, 0.05) is 77.1 Å². The normalized spacial score (nSPS) is 11.4. The number of aryl methyl sites for hydroxylation is 8. The third-order valence-corrected chi connectivity index (χ3v) is 13.6. The molecule has 10 aromatic rings. The maximum atomic E-state index is 13.5. The minimum Gasteiger partial charge on any atom is -0.483 e. The van der Waals surface area contributed by atoms with E-state index in [4.69, 9.17) is 30.3 Å². The zero-order valence-corrected chi connectivity index (χ0v) is 43.3. The van der Waals surface area contributed by atoms with Crippen molar-refractivity contribution in [3.05, 3.63) is 191 Å². The molecule has 0 aliphatic heterocycles. The summed E-state index contributed by atoms with van der Waals surface area (Å²) < 4.78 is 16.2. The Balaban J connectivity index is 0.000000189. The van der Waals surface area contributed by atoms with Crippen molar-refractivity contribution in [2.75, 3.05) is 13.1 Å². The third-order valence-electron chi connectivity index (χ3n) is 13.3. The fourth-order valence-corrected chi connectivity index (χ4v) is 9.19. The van der Waals surface area contributed by atoms with Crippen molar-refractivity contribution in [3.63, 3.8) is 0 Å². The first kappa shape index (κ1) is 53.0. The topological polar surface area (TPSA) is 237 Å². The number of aromatic amines is 1. The maximum absolute atomic E-state index is 13.5. The summed E-state index contributed by atoms with van der Waals surface area (Å²) in [5, 5.41) is 8.48. The van der Waals surface area contributed by atoms with Gasteiger partial charge >= 0.3 is 0 Å². The molecule has 386 valence electrons. The van der Waals surface area contributed by atoms with Crippen LogP contribution in [-0.4, -0.2) is 83.5 Å². The smallest absolute Gasteiger partial charge is 0.290 e. The molecule has 0 radical (unpaired) electrons. The highest BCUT2D eigenvalue weighted by Crippen LogP contribution is 2.25. The highest BCUT2D eigenvalue weighted by molar-refractivity contribution is 6.33. The van der Waals surface area contributed by atoms with Gasteiger partial charge in [-0.15, -0.1) is 0 Å². The van der Waals surface area contributed by atoms with Crippen molar-refractivity contribution in [1.82, 2.24) is 58.8 Å². The van der Waals surface area contributed by atoms with Gasteiger partial charge in [-0.25, -0.2) is 24.9 Å². The third kappa shape index (κ3) is 12.2. The van der Waals surface area contributed by atoms with Gasteiger partial charge < -0.3 is 28.1 Å². The van der Waals surface area contributed by atoms with E-state index < -0.39 is 0 Å². The minimum absolute atomic E-state index is 0.0145. The molecule has 0 fully saturated rings. The molecule has 0 atom stereocenters.